The summed E-state index contributed by atoms with van der Waals surface area (Å²) in [5, 5.41) is 0. The molecule has 0 saturated carbocycles. The van der Waals surface area contributed by atoms with E-state index in [4.69, 9.17) is 4.74 Å². The average molecular weight is 369 g/mol. The lowest BCUT2D eigenvalue weighted by atomic mass is 9.92. The topological polar surface area (TPSA) is 41.9 Å². The van der Waals surface area contributed by atoms with Gasteiger partial charge in [-0.25, -0.2) is 0 Å². The number of aldehydes is 1. The highest BCUT2D eigenvalue weighted by atomic mass is 16.5. The highest BCUT2D eigenvalue weighted by molar-refractivity contribution is 5.85. The van der Waals surface area contributed by atoms with Gasteiger partial charge in [-0.15, -0.1) is 0 Å². The summed E-state index contributed by atoms with van der Waals surface area (Å²) >= 11 is 0. The van der Waals surface area contributed by atoms with Crippen LogP contribution in [0.3, 0.4) is 0 Å². The zero-order valence-electron chi connectivity index (χ0n) is 16.7. The van der Waals surface area contributed by atoms with E-state index in [1.807, 2.05) is 19.2 Å². The van der Waals surface area contributed by atoms with E-state index in [-0.39, 0.29) is 0 Å². The SMILES string of the molecule is C/C=C\N=C(CCC)CCC1CC(c2ccc3c(c2)CCO3)CN1CC=O. The molecule has 2 unspecified atom stereocenters. The first-order valence-corrected chi connectivity index (χ1v) is 10.3. The third kappa shape index (κ3) is 5.07. The smallest absolute Gasteiger partial charge is 0.133 e. The van der Waals surface area contributed by atoms with Crippen LogP contribution in [0, 0.1) is 0 Å². The second-order valence-electron chi connectivity index (χ2n) is 7.64. The first kappa shape index (κ1) is 19.8. The van der Waals surface area contributed by atoms with Crippen LogP contribution in [-0.4, -0.2) is 42.6 Å². The van der Waals surface area contributed by atoms with Crippen LogP contribution >= 0.6 is 0 Å². The number of carbonyl (C=O) groups is 1. The molecule has 0 aliphatic carbocycles. The molecule has 1 aromatic carbocycles. The largest absolute Gasteiger partial charge is 0.493 e. The molecular weight excluding hydrogens is 336 g/mol. The molecule has 27 heavy (non-hydrogen) atoms. The highest BCUT2D eigenvalue weighted by Crippen LogP contribution is 2.36. The maximum Gasteiger partial charge on any atom is 0.133 e. The number of nitrogens with zero attached hydrogens (tertiary/aromatic N) is 2. The third-order valence-electron chi connectivity index (χ3n) is 5.73. The molecule has 1 fully saturated rings. The Morgan fingerprint density at radius 2 is 2.26 bits per heavy atom. The molecule has 0 N–H and O–H groups in total. The summed E-state index contributed by atoms with van der Waals surface area (Å²) in [6.45, 7) is 6.51. The van der Waals surface area contributed by atoms with E-state index in [0.29, 0.717) is 18.5 Å². The number of hydrogen-bond acceptors (Lipinski definition) is 4. The maximum atomic E-state index is 11.2. The number of fused-ring (bicyclic) bond motifs is 1. The van der Waals surface area contributed by atoms with E-state index >= 15 is 0 Å². The third-order valence-corrected chi connectivity index (χ3v) is 5.73. The molecule has 146 valence electrons. The molecule has 0 radical (unpaired) electrons. The van der Waals surface area contributed by atoms with Gasteiger partial charge in [-0.1, -0.05) is 31.6 Å². The summed E-state index contributed by atoms with van der Waals surface area (Å²) in [6.07, 6.45) is 11.3. The van der Waals surface area contributed by atoms with Gasteiger partial charge in [0, 0.05) is 30.9 Å². The summed E-state index contributed by atoms with van der Waals surface area (Å²) in [5.74, 6) is 1.55. The van der Waals surface area contributed by atoms with Gasteiger partial charge in [0.2, 0.25) is 0 Å². The quantitative estimate of drug-likeness (QED) is 0.475. The standard InChI is InChI=1S/C23H32N2O2/c1-3-5-21(24-11-4-2)7-8-22-16-20(17-25(22)12-13-26)18-6-9-23-19(15-18)10-14-27-23/h4,6,9,11,13,15,20,22H,3,5,7-8,10,12,14,16-17H2,1-2H3/b11-4-,24-21?. The predicted molar refractivity (Wildman–Crippen MR) is 111 cm³/mol. The van der Waals surface area contributed by atoms with Gasteiger partial charge >= 0.3 is 0 Å². The van der Waals surface area contributed by atoms with E-state index in [1.54, 1.807) is 0 Å². The number of likely N-dealkylation sites (tertiary alicyclic amines) is 1. The van der Waals surface area contributed by atoms with E-state index < -0.39 is 0 Å². The van der Waals surface area contributed by atoms with Crippen LogP contribution in [-0.2, 0) is 11.2 Å². The van der Waals surface area contributed by atoms with Gasteiger partial charge in [-0.3, -0.25) is 9.89 Å². The van der Waals surface area contributed by atoms with Crippen molar-refractivity contribution in [2.75, 3.05) is 19.7 Å². The van der Waals surface area contributed by atoms with Crippen LogP contribution in [0.5, 0.6) is 5.75 Å². The van der Waals surface area contributed by atoms with Gasteiger partial charge < -0.3 is 9.53 Å². The number of hydrogen-bond donors (Lipinski definition) is 0. The first-order chi connectivity index (χ1) is 13.2. The molecule has 0 amide bonds. The molecule has 0 aromatic heterocycles. The summed E-state index contributed by atoms with van der Waals surface area (Å²) in [5.41, 5.74) is 4.01. The van der Waals surface area contributed by atoms with E-state index in [2.05, 4.69) is 35.0 Å². The van der Waals surface area contributed by atoms with Crippen molar-refractivity contribution in [2.45, 2.75) is 64.3 Å². The molecule has 0 bridgehead atoms. The Bertz CT molecular complexity index is 696. The highest BCUT2D eigenvalue weighted by Gasteiger charge is 2.33. The fraction of sp³-hybridized carbons (Fsp3) is 0.565. The Morgan fingerprint density at radius 1 is 1.37 bits per heavy atom. The van der Waals surface area contributed by atoms with Crippen molar-refractivity contribution in [1.82, 2.24) is 4.90 Å². The van der Waals surface area contributed by atoms with Crippen molar-refractivity contribution in [3.8, 4) is 5.75 Å². The summed E-state index contributed by atoms with van der Waals surface area (Å²) < 4.78 is 5.64. The number of ether oxygens (including phenoxy) is 1. The molecule has 1 aromatic rings. The molecule has 0 spiro atoms. The lowest BCUT2D eigenvalue weighted by molar-refractivity contribution is -0.109. The van der Waals surface area contributed by atoms with Gasteiger partial charge in [0.25, 0.3) is 0 Å². The Hall–Kier alpha value is -1.94. The monoisotopic (exact) mass is 368 g/mol. The van der Waals surface area contributed by atoms with Crippen molar-refractivity contribution in [3.05, 3.63) is 41.6 Å². The zero-order chi connectivity index (χ0) is 19.1. The average Bonchev–Trinajstić information content (AvgIpc) is 3.30. The number of carbonyl (C=O) groups excluding carboxylic acids is 1. The van der Waals surface area contributed by atoms with Crippen molar-refractivity contribution in [2.24, 2.45) is 4.99 Å². The molecule has 1 saturated heterocycles. The van der Waals surface area contributed by atoms with Crippen molar-refractivity contribution in [3.63, 3.8) is 0 Å². The Kier molecular flexibility index (Phi) is 7.22. The fourth-order valence-electron chi connectivity index (χ4n) is 4.36. The minimum Gasteiger partial charge on any atom is -0.493 e. The minimum absolute atomic E-state index is 0.456. The molecule has 2 aliphatic heterocycles. The van der Waals surface area contributed by atoms with Crippen LogP contribution in [0.1, 0.15) is 63.0 Å². The second-order valence-corrected chi connectivity index (χ2v) is 7.64. The number of allylic oxidation sites excluding steroid dienone is 1. The molecule has 3 rings (SSSR count). The summed E-state index contributed by atoms with van der Waals surface area (Å²) in [7, 11) is 0. The van der Waals surface area contributed by atoms with E-state index in [9.17, 15) is 4.79 Å². The van der Waals surface area contributed by atoms with Crippen LogP contribution in [0.4, 0.5) is 0 Å². The van der Waals surface area contributed by atoms with E-state index in [1.165, 1.54) is 16.8 Å². The number of rotatable bonds is 9. The van der Waals surface area contributed by atoms with Gasteiger partial charge in [-0.05, 0) is 55.7 Å². The molecule has 2 atom stereocenters. The van der Waals surface area contributed by atoms with E-state index in [0.717, 1.165) is 63.7 Å². The van der Waals surface area contributed by atoms with Crippen molar-refractivity contribution >= 4 is 12.0 Å². The lowest BCUT2D eigenvalue weighted by Crippen LogP contribution is -2.31. The van der Waals surface area contributed by atoms with Gasteiger partial charge in [0.05, 0.1) is 13.2 Å². The molecule has 4 heteroatoms. The molecular formula is C23H32N2O2. The van der Waals surface area contributed by atoms with Gasteiger partial charge in [-0.2, -0.15) is 0 Å². The molecule has 2 heterocycles. The normalized spacial score (nSPS) is 23.0. The van der Waals surface area contributed by atoms with Crippen LogP contribution in [0.15, 0.2) is 35.5 Å². The van der Waals surface area contributed by atoms with Gasteiger partial charge in [0.1, 0.15) is 12.0 Å². The van der Waals surface area contributed by atoms with Crippen molar-refractivity contribution < 1.29 is 9.53 Å². The van der Waals surface area contributed by atoms with Crippen molar-refractivity contribution in [1.29, 1.82) is 0 Å². The van der Waals surface area contributed by atoms with Crippen LogP contribution in [0.25, 0.3) is 0 Å². The zero-order valence-corrected chi connectivity index (χ0v) is 16.7. The number of benzene rings is 1. The van der Waals surface area contributed by atoms with Crippen LogP contribution < -0.4 is 4.74 Å². The Morgan fingerprint density at radius 3 is 3.04 bits per heavy atom. The fourth-order valence-corrected chi connectivity index (χ4v) is 4.36. The predicted octanol–water partition coefficient (Wildman–Crippen LogP) is 4.53. The summed E-state index contributed by atoms with van der Waals surface area (Å²) in [4.78, 5) is 18.2. The lowest BCUT2D eigenvalue weighted by Gasteiger charge is -2.22. The Labute approximate surface area is 163 Å². The second kappa shape index (κ2) is 9.84. The maximum absolute atomic E-state index is 11.2. The molecule has 4 nitrogen and oxygen atoms in total. The first-order valence-electron chi connectivity index (χ1n) is 10.3. The van der Waals surface area contributed by atoms with Crippen LogP contribution in [0.2, 0.25) is 0 Å². The van der Waals surface area contributed by atoms with Gasteiger partial charge in [0.15, 0.2) is 0 Å². The minimum atomic E-state index is 0.456. The Balaban J connectivity index is 1.66. The molecule has 2 aliphatic rings. The summed E-state index contributed by atoms with van der Waals surface area (Å²) in [6, 6.07) is 7.12. The number of aliphatic imine (C=N–C) groups is 1.